The Morgan fingerprint density at radius 3 is 2.33 bits per heavy atom. The molecule has 8 heteroatoms. The van der Waals surface area contributed by atoms with E-state index >= 15 is 0 Å². The highest BCUT2D eigenvalue weighted by atomic mass is 32.2. The van der Waals surface area contributed by atoms with Crippen molar-refractivity contribution < 1.29 is 22.3 Å². The van der Waals surface area contributed by atoms with Crippen LogP contribution in [-0.2, 0) is 10.0 Å². The molecule has 0 atom stereocenters. The van der Waals surface area contributed by atoms with Crippen molar-refractivity contribution in [2.45, 2.75) is 11.8 Å². The molecule has 144 valence electrons. The number of carbonyl (C=O) groups excluding carboxylic acids is 1. The van der Waals surface area contributed by atoms with E-state index in [0.717, 1.165) is 5.56 Å². The van der Waals surface area contributed by atoms with Gasteiger partial charge in [-0.05, 0) is 42.8 Å². The number of methoxy groups -OCH3 is 1. The van der Waals surface area contributed by atoms with E-state index in [1.165, 1.54) is 40.6 Å². The minimum atomic E-state index is -3.67. The molecule has 2 aromatic rings. The van der Waals surface area contributed by atoms with Crippen molar-refractivity contribution in [1.29, 1.82) is 0 Å². The molecule has 0 aliphatic carbocycles. The first-order valence-electron chi connectivity index (χ1n) is 8.53. The number of piperazine rings is 1. The zero-order valence-corrected chi connectivity index (χ0v) is 16.0. The predicted molar refractivity (Wildman–Crippen MR) is 98.8 cm³/mol. The van der Waals surface area contributed by atoms with Gasteiger partial charge >= 0.3 is 0 Å². The standard InChI is InChI=1S/C19H21FN2O4S/c1-14-13-15(7-8-18(14)26-2)27(24,25)22-11-9-21(10-12-22)19(23)16-5-3-4-6-17(16)20/h3-8,13H,9-12H2,1-2H3. The van der Waals surface area contributed by atoms with Gasteiger partial charge in [0.2, 0.25) is 10.0 Å². The topological polar surface area (TPSA) is 66.9 Å². The average molecular weight is 392 g/mol. The van der Waals surface area contributed by atoms with Crippen LogP contribution >= 0.6 is 0 Å². The number of aryl methyl sites for hydroxylation is 1. The van der Waals surface area contributed by atoms with Crippen LogP contribution in [0.3, 0.4) is 0 Å². The molecule has 0 spiro atoms. The highest BCUT2D eigenvalue weighted by Gasteiger charge is 2.31. The quantitative estimate of drug-likeness (QED) is 0.801. The van der Waals surface area contributed by atoms with E-state index in [1.54, 1.807) is 25.1 Å². The zero-order chi connectivity index (χ0) is 19.6. The van der Waals surface area contributed by atoms with Crippen LogP contribution in [0, 0.1) is 12.7 Å². The van der Waals surface area contributed by atoms with Crippen LogP contribution in [-0.4, -0.2) is 56.8 Å². The zero-order valence-electron chi connectivity index (χ0n) is 15.2. The summed E-state index contributed by atoms with van der Waals surface area (Å²) in [7, 11) is -2.14. The van der Waals surface area contributed by atoms with Gasteiger partial charge in [0.25, 0.3) is 5.91 Å². The van der Waals surface area contributed by atoms with E-state index in [9.17, 15) is 17.6 Å². The second-order valence-corrected chi connectivity index (χ2v) is 8.25. The monoisotopic (exact) mass is 392 g/mol. The summed E-state index contributed by atoms with van der Waals surface area (Å²) < 4.78 is 46.1. The lowest BCUT2D eigenvalue weighted by atomic mass is 10.1. The lowest BCUT2D eigenvalue weighted by molar-refractivity contribution is 0.0693. The fraction of sp³-hybridized carbons (Fsp3) is 0.316. The third-order valence-corrected chi connectivity index (χ3v) is 6.53. The Bertz CT molecular complexity index is 954. The van der Waals surface area contributed by atoms with Crippen LogP contribution in [0.15, 0.2) is 47.4 Å². The molecule has 0 unspecified atom stereocenters. The van der Waals surface area contributed by atoms with Gasteiger partial charge in [0, 0.05) is 26.2 Å². The minimum Gasteiger partial charge on any atom is -0.496 e. The highest BCUT2D eigenvalue weighted by Crippen LogP contribution is 2.24. The first-order chi connectivity index (χ1) is 12.8. The molecular weight excluding hydrogens is 371 g/mol. The minimum absolute atomic E-state index is 0.000383. The Kier molecular flexibility index (Phi) is 5.48. The Hall–Kier alpha value is -2.45. The lowest BCUT2D eigenvalue weighted by Crippen LogP contribution is -2.50. The molecule has 1 aliphatic heterocycles. The summed E-state index contributed by atoms with van der Waals surface area (Å²) in [6, 6.07) is 10.5. The maximum atomic E-state index is 13.8. The number of amides is 1. The van der Waals surface area contributed by atoms with Crippen LogP contribution in [0.4, 0.5) is 4.39 Å². The Morgan fingerprint density at radius 1 is 1.07 bits per heavy atom. The molecule has 2 aromatic carbocycles. The molecule has 3 rings (SSSR count). The summed E-state index contributed by atoms with van der Waals surface area (Å²) in [5.41, 5.74) is 0.728. The number of nitrogens with zero attached hydrogens (tertiary/aromatic N) is 2. The molecular formula is C19H21FN2O4S. The normalized spacial score (nSPS) is 15.6. The van der Waals surface area contributed by atoms with Crippen molar-refractivity contribution in [3.05, 3.63) is 59.4 Å². The smallest absolute Gasteiger partial charge is 0.256 e. The molecule has 0 aromatic heterocycles. The molecule has 1 fully saturated rings. The fourth-order valence-corrected chi connectivity index (χ4v) is 4.60. The average Bonchev–Trinajstić information content (AvgIpc) is 2.68. The first kappa shape index (κ1) is 19.3. The van der Waals surface area contributed by atoms with Gasteiger partial charge in [-0.3, -0.25) is 4.79 Å². The van der Waals surface area contributed by atoms with E-state index < -0.39 is 21.7 Å². The van der Waals surface area contributed by atoms with Gasteiger partial charge in [0.05, 0.1) is 17.6 Å². The first-order valence-corrected chi connectivity index (χ1v) is 9.97. The summed E-state index contributed by atoms with van der Waals surface area (Å²) >= 11 is 0. The highest BCUT2D eigenvalue weighted by molar-refractivity contribution is 7.89. The van der Waals surface area contributed by atoms with Gasteiger partial charge in [-0.1, -0.05) is 12.1 Å². The van der Waals surface area contributed by atoms with E-state index in [0.29, 0.717) is 5.75 Å². The van der Waals surface area contributed by atoms with Crippen LogP contribution in [0.5, 0.6) is 5.75 Å². The van der Waals surface area contributed by atoms with Crippen LogP contribution < -0.4 is 4.74 Å². The van der Waals surface area contributed by atoms with Gasteiger partial charge in [-0.15, -0.1) is 0 Å². The molecule has 0 bridgehead atoms. The molecule has 1 heterocycles. The Morgan fingerprint density at radius 2 is 1.74 bits per heavy atom. The number of hydrogen-bond donors (Lipinski definition) is 0. The van der Waals surface area contributed by atoms with Crippen molar-refractivity contribution in [2.24, 2.45) is 0 Å². The van der Waals surface area contributed by atoms with Crippen LogP contribution in [0.25, 0.3) is 0 Å². The SMILES string of the molecule is COc1ccc(S(=O)(=O)N2CCN(C(=O)c3ccccc3F)CC2)cc1C. The van der Waals surface area contributed by atoms with Crippen LogP contribution in [0.2, 0.25) is 0 Å². The molecule has 0 N–H and O–H groups in total. The number of hydrogen-bond acceptors (Lipinski definition) is 4. The van der Waals surface area contributed by atoms with Gasteiger partial charge in [-0.25, -0.2) is 12.8 Å². The van der Waals surface area contributed by atoms with Crippen LogP contribution in [0.1, 0.15) is 15.9 Å². The Balaban J connectivity index is 1.72. The molecule has 1 saturated heterocycles. The number of sulfonamides is 1. The lowest BCUT2D eigenvalue weighted by Gasteiger charge is -2.34. The maximum absolute atomic E-state index is 13.8. The van der Waals surface area contributed by atoms with E-state index in [-0.39, 0.29) is 36.6 Å². The molecule has 6 nitrogen and oxygen atoms in total. The summed E-state index contributed by atoms with van der Waals surface area (Å²) in [5, 5.41) is 0. The van der Waals surface area contributed by atoms with E-state index in [4.69, 9.17) is 4.74 Å². The summed E-state index contributed by atoms with van der Waals surface area (Å²) in [4.78, 5) is 14.1. The van der Waals surface area contributed by atoms with Gasteiger partial charge in [0.15, 0.2) is 0 Å². The molecule has 1 amide bonds. The third-order valence-electron chi connectivity index (χ3n) is 4.63. The van der Waals surface area contributed by atoms with Crippen molar-refractivity contribution in [3.8, 4) is 5.75 Å². The molecule has 27 heavy (non-hydrogen) atoms. The number of benzene rings is 2. The molecule has 0 saturated carbocycles. The largest absolute Gasteiger partial charge is 0.496 e. The third kappa shape index (κ3) is 3.81. The van der Waals surface area contributed by atoms with Gasteiger partial charge in [0.1, 0.15) is 11.6 Å². The predicted octanol–water partition coefficient (Wildman–Crippen LogP) is 2.29. The van der Waals surface area contributed by atoms with Crippen molar-refractivity contribution in [1.82, 2.24) is 9.21 Å². The summed E-state index contributed by atoms with van der Waals surface area (Å²) in [6.45, 7) is 2.52. The Labute approximate surface area is 158 Å². The molecule has 1 aliphatic rings. The fourth-order valence-electron chi connectivity index (χ4n) is 3.10. The van der Waals surface area contributed by atoms with Gasteiger partial charge in [-0.2, -0.15) is 4.31 Å². The number of ether oxygens (including phenoxy) is 1. The van der Waals surface area contributed by atoms with Crippen molar-refractivity contribution in [2.75, 3.05) is 33.3 Å². The number of halogens is 1. The van der Waals surface area contributed by atoms with Gasteiger partial charge < -0.3 is 9.64 Å². The van der Waals surface area contributed by atoms with E-state index in [2.05, 4.69) is 0 Å². The maximum Gasteiger partial charge on any atom is 0.256 e. The number of rotatable bonds is 4. The molecule has 0 radical (unpaired) electrons. The summed E-state index contributed by atoms with van der Waals surface area (Å²) in [6.07, 6.45) is 0. The second kappa shape index (κ2) is 7.66. The second-order valence-electron chi connectivity index (χ2n) is 6.31. The van der Waals surface area contributed by atoms with Crippen molar-refractivity contribution in [3.63, 3.8) is 0 Å². The summed E-state index contributed by atoms with van der Waals surface area (Å²) in [5.74, 6) is -0.383. The van der Waals surface area contributed by atoms with E-state index in [1.807, 2.05) is 0 Å². The van der Waals surface area contributed by atoms with Crippen molar-refractivity contribution >= 4 is 15.9 Å². The number of carbonyl (C=O) groups is 1.